The molecule has 2 rings (SSSR count). The standard InChI is InChI=1S/C11H8Cl3NS/c12-7-2-9(13)11(10(14)3-7)6-1-8(4-15)16-5-6/h1-3,5H,4,15H2. The second kappa shape index (κ2) is 4.94. The molecule has 2 N–H and O–H groups in total. The van der Waals surface area contributed by atoms with Gasteiger partial charge in [0.25, 0.3) is 0 Å². The zero-order chi connectivity index (χ0) is 11.7. The van der Waals surface area contributed by atoms with Crippen molar-refractivity contribution in [1.29, 1.82) is 0 Å². The van der Waals surface area contributed by atoms with Crippen molar-refractivity contribution in [3.05, 3.63) is 43.5 Å². The summed E-state index contributed by atoms with van der Waals surface area (Å²) in [5.41, 5.74) is 7.36. The zero-order valence-electron chi connectivity index (χ0n) is 8.14. The summed E-state index contributed by atoms with van der Waals surface area (Å²) in [6.07, 6.45) is 0. The first-order valence-electron chi connectivity index (χ1n) is 4.54. The summed E-state index contributed by atoms with van der Waals surface area (Å²) in [5, 5.41) is 3.63. The number of rotatable bonds is 2. The highest BCUT2D eigenvalue weighted by Gasteiger charge is 2.11. The Bertz CT molecular complexity index is 499. The first-order valence-corrected chi connectivity index (χ1v) is 6.55. The Morgan fingerprint density at radius 2 is 1.69 bits per heavy atom. The van der Waals surface area contributed by atoms with Crippen LogP contribution in [0.5, 0.6) is 0 Å². The molecule has 0 atom stereocenters. The maximum absolute atomic E-state index is 6.13. The molecule has 1 heterocycles. The monoisotopic (exact) mass is 291 g/mol. The molecule has 0 unspecified atom stereocenters. The Morgan fingerprint density at radius 3 is 2.19 bits per heavy atom. The summed E-state index contributed by atoms with van der Waals surface area (Å²) in [5.74, 6) is 0. The lowest BCUT2D eigenvalue weighted by Crippen LogP contribution is -1.91. The van der Waals surface area contributed by atoms with E-state index in [1.54, 1.807) is 23.5 Å². The van der Waals surface area contributed by atoms with Gasteiger partial charge in [0.05, 0.1) is 10.0 Å². The molecule has 16 heavy (non-hydrogen) atoms. The summed E-state index contributed by atoms with van der Waals surface area (Å²) < 4.78 is 0. The van der Waals surface area contributed by atoms with Crippen molar-refractivity contribution in [2.45, 2.75) is 6.54 Å². The number of benzene rings is 1. The fourth-order valence-electron chi connectivity index (χ4n) is 1.44. The smallest absolute Gasteiger partial charge is 0.0514 e. The van der Waals surface area contributed by atoms with Crippen molar-refractivity contribution in [2.75, 3.05) is 0 Å². The summed E-state index contributed by atoms with van der Waals surface area (Å²) in [6, 6.07) is 5.36. The van der Waals surface area contributed by atoms with Gasteiger partial charge in [0, 0.05) is 22.0 Å². The van der Waals surface area contributed by atoms with Gasteiger partial charge in [0.15, 0.2) is 0 Å². The van der Waals surface area contributed by atoms with Crippen molar-refractivity contribution in [2.24, 2.45) is 5.73 Å². The Hall–Kier alpha value is -0.250. The lowest BCUT2D eigenvalue weighted by molar-refractivity contribution is 1.11. The van der Waals surface area contributed by atoms with Gasteiger partial charge in [-0.3, -0.25) is 0 Å². The van der Waals surface area contributed by atoms with Crippen LogP contribution in [0.4, 0.5) is 0 Å². The van der Waals surface area contributed by atoms with Gasteiger partial charge in [-0.1, -0.05) is 34.8 Å². The van der Waals surface area contributed by atoms with Crippen LogP contribution in [0.1, 0.15) is 4.88 Å². The highest BCUT2D eigenvalue weighted by molar-refractivity contribution is 7.10. The predicted molar refractivity (Wildman–Crippen MR) is 72.7 cm³/mol. The van der Waals surface area contributed by atoms with Crippen molar-refractivity contribution in [3.63, 3.8) is 0 Å². The van der Waals surface area contributed by atoms with Crippen LogP contribution in [-0.2, 0) is 6.54 Å². The van der Waals surface area contributed by atoms with Crippen LogP contribution in [0.2, 0.25) is 15.1 Å². The van der Waals surface area contributed by atoms with Gasteiger partial charge in [0.2, 0.25) is 0 Å². The van der Waals surface area contributed by atoms with E-state index in [0.29, 0.717) is 21.6 Å². The highest BCUT2D eigenvalue weighted by Crippen LogP contribution is 2.38. The molecule has 0 aliphatic rings. The van der Waals surface area contributed by atoms with Crippen LogP contribution in [0.3, 0.4) is 0 Å². The largest absolute Gasteiger partial charge is 0.326 e. The van der Waals surface area contributed by atoms with Crippen LogP contribution in [0.25, 0.3) is 11.1 Å². The molecule has 0 aliphatic heterocycles. The molecule has 0 radical (unpaired) electrons. The summed E-state index contributed by atoms with van der Waals surface area (Å²) in [7, 11) is 0. The molecule has 0 fully saturated rings. The molecule has 1 aromatic heterocycles. The molecular formula is C11H8Cl3NS. The van der Waals surface area contributed by atoms with Gasteiger partial charge in [-0.2, -0.15) is 0 Å². The molecule has 1 aromatic carbocycles. The molecule has 0 aliphatic carbocycles. The van der Waals surface area contributed by atoms with Crippen molar-refractivity contribution < 1.29 is 0 Å². The molecular weight excluding hydrogens is 285 g/mol. The zero-order valence-corrected chi connectivity index (χ0v) is 11.2. The van der Waals surface area contributed by atoms with E-state index < -0.39 is 0 Å². The van der Waals surface area contributed by atoms with E-state index in [4.69, 9.17) is 40.5 Å². The van der Waals surface area contributed by atoms with Gasteiger partial charge in [0.1, 0.15) is 0 Å². The molecule has 84 valence electrons. The van der Waals surface area contributed by atoms with Gasteiger partial charge in [-0.05, 0) is 29.1 Å². The number of nitrogens with two attached hydrogens (primary N) is 1. The molecule has 0 bridgehead atoms. The van der Waals surface area contributed by atoms with Crippen LogP contribution in [0, 0.1) is 0 Å². The van der Waals surface area contributed by atoms with Gasteiger partial charge in [-0.25, -0.2) is 0 Å². The van der Waals surface area contributed by atoms with Crippen LogP contribution in [-0.4, -0.2) is 0 Å². The third kappa shape index (κ3) is 2.36. The fourth-order valence-corrected chi connectivity index (χ4v) is 3.23. The maximum atomic E-state index is 6.13. The quantitative estimate of drug-likeness (QED) is 0.842. The third-order valence-corrected chi connectivity index (χ3v) is 3.92. The molecule has 0 saturated carbocycles. The SMILES string of the molecule is NCc1cc(-c2c(Cl)cc(Cl)cc2Cl)cs1. The number of thiophene rings is 1. The molecule has 0 spiro atoms. The second-order valence-corrected chi connectivity index (χ2v) is 5.50. The van der Waals surface area contributed by atoms with Gasteiger partial charge < -0.3 is 5.73 Å². The first-order chi connectivity index (χ1) is 7.61. The molecule has 2 aromatic rings. The lowest BCUT2D eigenvalue weighted by Gasteiger charge is -2.05. The van der Waals surface area contributed by atoms with Crippen molar-refractivity contribution >= 4 is 46.1 Å². The summed E-state index contributed by atoms with van der Waals surface area (Å²) in [6.45, 7) is 0.521. The van der Waals surface area contributed by atoms with Crippen LogP contribution < -0.4 is 5.73 Å². The van der Waals surface area contributed by atoms with E-state index in [0.717, 1.165) is 16.0 Å². The maximum Gasteiger partial charge on any atom is 0.0514 e. The third-order valence-electron chi connectivity index (χ3n) is 2.15. The number of halogens is 3. The number of hydrogen-bond acceptors (Lipinski definition) is 2. The average molecular weight is 293 g/mol. The lowest BCUT2D eigenvalue weighted by atomic mass is 10.1. The molecule has 0 saturated heterocycles. The minimum Gasteiger partial charge on any atom is -0.326 e. The van der Waals surface area contributed by atoms with Gasteiger partial charge in [-0.15, -0.1) is 11.3 Å². The Kier molecular flexibility index (Phi) is 3.77. The Balaban J connectivity index is 2.55. The fraction of sp³-hybridized carbons (Fsp3) is 0.0909. The van der Waals surface area contributed by atoms with E-state index in [9.17, 15) is 0 Å². The molecule has 5 heteroatoms. The minimum atomic E-state index is 0.521. The predicted octanol–water partition coefficient (Wildman–Crippen LogP) is 4.83. The van der Waals surface area contributed by atoms with Crippen LogP contribution >= 0.6 is 46.1 Å². The highest BCUT2D eigenvalue weighted by atomic mass is 35.5. The van der Waals surface area contributed by atoms with Crippen molar-refractivity contribution in [1.82, 2.24) is 0 Å². The van der Waals surface area contributed by atoms with E-state index in [1.807, 2.05) is 11.4 Å². The molecule has 1 nitrogen and oxygen atoms in total. The normalized spacial score (nSPS) is 10.8. The molecule has 0 amide bonds. The van der Waals surface area contributed by atoms with Crippen LogP contribution in [0.15, 0.2) is 23.6 Å². The van der Waals surface area contributed by atoms with E-state index in [1.165, 1.54) is 0 Å². The topological polar surface area (TPSA) is 26.0 Å². The summed E-state index contributed by atoms with van der Waals surface area (Å²) in [4.78, 5) is 1.09. The summed E-state index contributed by atoms with van der Waals surface area (Å²) >= 11 is 19.7. The van der Waals surface area contributed by atoms with E-state index >= 15 is 0 Å². The Morgan fingerprint density at radius 1 is 1.06 bits per heavy atom. The Labute approximate surface area is 113 Å². The average Bonchev–Trinajstić information content (AvgIpc) is 2.64. The minimum absolute atomic E-state index is 0.521. The second-order valence-electron chi connectivity index (χ2n) is 3.25. The van der Waals surface area contributed by atoms with E-state index in [2.05, 4.69) is 0 Å². The van der Waals surface area contributed by atoms with Gasteiger partial charge >= 0.3 is 0 Å². The van der Waals surface area contributed by atoms with Crippen molar-refractivity contribution in [3.8, 4) is 11.1 Å². The number of hydrogen-bond donors (Lipinski definition) is 1. The first kappa shape index (κ1) is 12.2. The van der Waals surface area contributed by atoms with E-state index in [-0.39, 0.29) is 0 Å².